The highest BCUT2D eigenvalue weighted by atomic mass is 32.2. The third-order valence-corrected chi connectivity index (χ3v) is 7.94. The maximum absolute atomic E-state index is 13.5. The monoisotopic (exact) mass is 638 g/mol. The van der Waals surface area contributed by atoms with E-state index in [2.05, 4.69) is 16.0 Å². The van der Waals surface area contributed by atoms with Crippen molar-refractivity contribution in [2.75, 3.05) is 17.7 Å². The first-order valence-electron chi connectivity index (χ1n) is 14.1. The lowest BCUT2D eigenvalue weighted by atomic mass is 10.1. The second kappa shape index (κ2) is 15.8. The highest BCUT2D eigenvalue weighted by Crippen LogP contribution is 2.29. The van der Waals surface area contributed by atoms with E-state index in [1.54, 1.807) is 84.9 Å². The predicted octanol–water partition coefficient (Wildman–Crippen LogP) is 6.30. The Morgan fingerprint density at radius 2 is 1.59 bits per heavy atom. The van der Waals surface area contributed by atoms with E-state index in [1.807, 2.05) is 6.92 Å². The van der Waals surface area contributed by atoms with Crippen LogP contribution in [0.4, 0.5) is 17.1 Å². The molecule has 3 amide bonds. The number of nitro benzene ring substituents is 1. The minimum Gasteiger partial charge on any atom is -0.465 e. The normalized spacial score (nSPS) is 11.6. The number of anilines is 2. The number of carbonyl (C=O) groups is 4. The van der Waals surface area contributed by atoms with E-state index in [9.17, 15) is 29.3 Å². The lowest BCUT2D eigenvalue weighted by molar-refractivity contribution is -0.385. The number of amides is 3. The van der Waals surface area contributed by atoms with Gasteiger partial charge in [0.1, 0.15) is 5.70 Å². The molecule has 0 aliphatic rings. The van der Waals surface area contributed by atoms with Crippen molar-refractivity contribution in [3.63, 3.8) is 0 Å². The summed E-state index contributed by atoms with van der Waals surface area (Å²) in [5.74, 6) is -2.18. The van der Waals surface area contributed by atoms with Crippen LogP contribution in [0.5, 0.6) is 0 Å². The van der Waals surface area contributed by atoms with E-state index in [1.165, 1.54) is 43.1 Å². The van der Waals surface area contributed by atoms with E-state index in [-0.39, 0.29) is 28.4 Å². The van der Waals surface area contributed by atoms with Crippen molar-refractivity contribution in [2.24, 2.45) is 0 Å². The third-order valence-electron chi connectivity index (χ3n) is 6.59. The molecule has 234 valence electrons. The molecular formula is C34H30N4O7S. The van der Waals surface area contributed by atoms with E-state index in [0.717, 1.165) is 0 Å². The van der Waals surface area contributed by atoms with Gasteiger partial charge in [-0.05, 0) is 61.0 Å². The summed E-state index contributed by atoms with van der Waals surface area (Å²) in [6.07, 6.45) is 1.71. The summed E-state index contributed by atoms with van der Waals surface area (Å²) in [7, 11) is 1.26. The topological polar surface area (TPSA) is 157 Å². The molecule has 0 fully saturated rings. The fourth-order valence-corrected chi connectivity index (χ4v) is 5.31. The summed E-state index contributed by atoms with van der Waals surface area (Å²) in [6, 6.07) is 27.4. The number of hydrogen-bond donors (Lipinski definition) is 3. The van der Waals surface area contributed by atoms with Gasteiger partial charge >= 0.3 is 5.97 Å². The molecule has 0 spiro atoms. The summed E-state index contributed by atoms with van der Waals surface area (Å²) in [4.78, 5) is 63.5. The molecule has 4 aromatic rings. The van der Waals surface area contributed by atoms with E-state index >= 15 is 0 Å². The molecule has 1 unspecified atom stereocenters. The summed E-state index contributed by atoms with van der Waals surface area (Å²) in [5.41, 5.74) is 0.890. The number of ether oxygens (including phenoxy) is 1. The maximum Gasteiger partial charge on any atom is 0.339 e. The van der Waals surface area contributed by atoms with E-state index < -0.39 is 28.0 Å². The highest BCUT2D eigenvalue weighted by Gasteiger charge is 2.22. The van der Waals surface area contributed by atoms with Gasteiger partial charge in [-0.15, -0.1) is 11.8 Å². The first-order valence-corrected chi connectivity index (χ1v) is 15.0. The van der Waals surface area contributed by atoms with Crippen molar-refractivity contribution >= 4 is 58.6 Å². The first kappa shape index (κ1) is 33.1. The van der Waals surface area contributed by atoms with E-state index in [4.69, 9.17) is 4.74 Å². The molecule has 0 aliphatic heterocycles. The molecule has 0 radical (unpaired) electrons. The molecule has 0 saturated heterocycles. The largest absolute Gasteiger partial charge is 0.465 e. The number of methoxy groups -OCH3 is 1. The molecule has 0 saturated carbocycles. The number of nitro groups is 1. The van der Waals surface area contributed by atoms with Gasteiger partial charge in [0, 0.05) is 22.2 Å². The van der Waals surface area contributed by atoms with Crippen LogP contribution < -0.4 is 16.0 Å². The summed E-state index contributed by atoms with van der Waals surface area (Å²) in [6.45, 7) is 1.85. The summed E-state index contributed by atoms with van der Waals surface area (Å²) < 4.78 is 4.81. The molecule has 12 heteroatoms. The molecule has 0 aliphatic carbocycles. The van der Waals surface area contributed by atoms with Crippen LogP contribution in [0.3, 0.4) is 0 Å². The third kappa shape index (κ3) is 8.67. The van der Waals surface area contributed by atoms with Gasteiger partial charge in [0.2, 0.25) is 5.91 Å². The number of para-hydroxylation sites is 2. The molecule has 0 bridgehead atoms. The molecule has 3 N–H and O–H groups in total. The number of nitrogens with one attached hydrogen (secondary N) is 3. The zero-order chi connectivity index (χ0) is 33.1. The quantitative estimate of drug-likeness (QED) is 0.0537. The van der Waals surface area contributed by atoms with Gasteiger partial charge in [-0.1, -0.05) is 55.5 Å². The van der Waals surface area contributed by atoms with Crippen molar-refractivity contribution in [1.29, 1.82) is 0 Å². The molecule has 0 aromatic heterocycles. The first-order chi connectivity index (χ1) is 22.2. The molecule has 1 atom stereocenters. The number of thioether (sulfide) groups is 1. The number of esters is 1. The molecule has 4 rings (SSSR count). The highest BCUT2D eigenvalue weighted by molar-refractivity contribution is 8.00. The zero-order valence-corrected chi connectivity index (χ0v) is 25.7. The van der Waals surface area contributed by atoms with Crippen LogP contribution in [-0.4, -0.2) is 41.0 Å². The second-order valence-corrected chi connectivity index (χ2v) is 11.0. The lowest BCUT2D eigenvalue weighted by Crippen LogP contribution is -2.30. The molecule has 11 nitrogen and oxygen atoms in total. The smallest absolute Gasteiger partial charge is 0.339 e. The zero-order valence-electron chi connectivity index (χ0n) is 24.9. The SMILES string of the molecule is CCC(Sc1cccc(NC(=O)/C(=C\c2ccccc2[N+](=O)[O-])NC(=O)c2ccccc2)c1)C(=O)Nc1ccccc1C(=O)OC. The van der Waals surface area contributed by atoms with Crippen LogP contribution in [0, 0.1) is 10.1 Å². The Balaban J connectivity index is 1.55. The number of hydrogen-bond acceptors (Lipinski definition) is 8. The van der Waals surface area contributed by atoms with Gasteiger partial charge < -0.3 is 20.7 Å². The fourth-order valence-electron chi connectivity index (χ4n) is 4.30. The maximum atomic E-state index is 13.5. The Morgan fingerprint density at radius 3 is 2.30 bits per heavy atom. The van der Waals surface area contributed by atoms with Crippen molar-refractivity contribution in [1.82, 2.24) is 5.32 Å². The fraction of sp³-hybridized carbons (Fsp3) is 0.118. The van der Waals surface area contributed by atoms with Gasteiger partial charge in [-0.2, -0.15) is 0 Å². The van der Waals surface area contributed by atoms with Crippen molar-refractivity contribution in [3.05, 3.63) is 136 Å². The Hall–Kier alpha value is -5.75. The van der Waals surface area contributed by atoms with Gasteiger partial charge in [0.25, 0.3) is 17.5 Å². The Morgan fingerprint density at radius 1 is 0.891 bits per heavy atom. The second-order valence-electron chi connectivity index (χ2n) is 9.72. The lowest BCUT2D eigenvalue weighted by Gasteiger charge is -2.17. The molecule has 46 heavy (non-hydrogen) atoms. The average molecular weight is 639 g/mol. The van der Waals surface area contributed by atoms with Crippen molar-refractivity contribution in [2.45, 2.75) is 23.5 Å². The number of benzene rings is 4. The van der Waals surface area contributed by atoms with Crippen molar-refractivity contribution < 1.29 is 28.8 Å². The molecule has 0 heterocycles. The Labute approximate surface area is 269 Å². The molecule has 4 aromatic carbocycles. The number of nitrogens with zero attached hydrogens (tertiary/aromatic N) is 1. The van der Waals surface area contributed by atoms with Crippen LogP contribution in [0.15, 0.2) is 114 Å². The van der Waals surface area contributed by atoms with Crippen LogP contribution in [0.2, 0.25) is 0 Å². The van der Waals surface area contributed by atoms with Crippen LogP contribution in [-0.2, 0) is 14.3 Å². The summed E-state index contributed by atoms with van der Waals surface area (Å²) in [5, 5.41) is 19.2. The molecular weight excluding hydrogens is 608 g/mol. The number of rotatable bonds is 12. The van der Waals surface area contributed by atoms with Crippen molar-refractivity contribution in [3.8, 4) is 0 Å². The van der Waals surface area contributed by atoms with Gasteiger partial charge in [-0.3, -0.25) is 24.5 Å². The van der Waals surface area contributed by atoms with Crippen LogP contribution in [0.25, 0.3) is 6.08 Å². The van der Waals surface area contributed by atoms with Crippen LogP contribution in [0.1, 0.15) is 39.6 Å². The Bertz CT molecular complexity index is 1790. The van der Waals surface area contributed by atoms with Gasteiger partial charge in [0.15, 0.2) is 0 Å². The summed E-state index contributed by atoms with van der Waals surface area (Å²) >= 11 is 1.26. The standard InChI is InChI=1S/C34H30N4O7S/c1-3-30(33(41)36-27-18-9-8-17-26(27)34(42)45-2)46-25-16-11-15-24(21-25)35-32(40)28(37-31(39)22-12-5-4-6-13-22)20-23-14-7-10-19-29(23)38(43)44/h4-21,30H,3H2,1-2H3,(H,35,40)(H,36,41)(H,37,39)/b28-20+. The minimum atomic E-state index is -0.714. The van der Waals surface area contributed by atoms with Crippen LogP contribution >= 0.6 is 11.8 Å². The Kier molecular flexibility index (Phi) is 11.4. The minimum absolute atomic E-state index is 0.126. The number of carbonyl (C=O) groups excluding carboxylic acids is 4. The van der Waals surface area contributed by atoms with Gasteiger partial charge in [-0.25, -0.2) is 4.79 Å². The van der Waals surface area contributed by atoms with E-state index in [0.29, 0.717) is 28.3 Å². The predicted molar refractivity (Wildman–Crippen MR) is 176 cm³/mol. The van der Waals surface area contributed by atoms with Gasteiger partial charge in [0.05, 0.1) is 34.1 Å². The average Bonchev–Trinajstić information content (AvgIpc) is 3.07.